The molecule has 1 amide bonds. The summed E-state index contributed by atoms with van der Waals surface area (Å²) in [6, 6.07) is -0.0901. The lowest BCUT2D eigenvalue weighted by Crippen LogP contribution is -2.53. The van der Waals surface area contributed by atoms with Crippen LogP contribution in [0, 0.1) is 5.92 Å². The molecule has 0 aliphatic carbocycles. The number of epoxide rings is 1. The maximum Gasteiger partial charge on any atom is 0.303 e. The Balaban J connectivity index is 1.49. The first kappa shape index (κ1) is 28.6. The molecule has 0 bridgehead atoms. The molecule has 2 N–H and O–H groups in total. The van der Waals surface area contributed by atoms with Crippen LogP contribution in [0.3, 0.4) is 0 Å². The van der Waals surface area contributed by atoms with E-state index in [1.54, 1.807) is 13.0 Å². The number of esters is 1. The lowest BCUT2D eigenvalue weighted by Gasteiger charge is -2.41. The molecule has 2 unspecified atom stereocenters. The normalized spacial score (nSPS) is 37.3. The van der Waals surface area contributed by atoms with Gasteiger partial charge in [-0.2, -0.15) is 0 Å². The fourth-order valence-corrected chi connectivity index (χ4v) is 5.19. The predicted octanol–water partition coefficient (Wildman–Crippen LogP) is 3.38. The Kier molecular flexibility index (Phi) is 9.20. The fraction of sp³-hybridized carbons (Fsp3) is 0.714. The summed E-state index contributed by atoms with van der Waals surface area (Å²) < 4.78 is 23.0. The average Bonchev–Trinajstić information content (AvgIpc) is 3.54. The molecule has 36 heavy (non-hydrogen) atoms. The number of carbonyl (C=O) groups excluding carboxylic acids is 2. The molecule has 8 nitrogen and oxygen atoms in total. The van der Waals surface area contributed by atoms with Crippen LogP contribution in [-0.4, -0.2) is 71.4 Å². The van der Waals surface area contributed by atoms with E-state index in [4.69, 9.17) is 18.9 Å². The molecule has 3 aliphatic rings. The SMILES string of the molecule is CC(=O)O[C@H](C)/C=C\C(=O)NC1CC(C)[C@H](C/C=C(C)/C=C/[C@H]2OC(C)(C)C[C@@]3(CO3)[C@@H]2O)O[C@@H]1C. The van der Waals surface area contributed by atoms with Gasteiger partial charge in [0.05, 0.1) is 30.5 Å². The Bertz CT molecular complexity index is 888. The number of carbonyl (C=O) groups is 2. The van der Waals surface area contributed by atoms with Crippen LogP contribution in [0.1, 0.15) is 67.7 Å². The summed E-state index contributed by atoms with van der Waals surface area (Å²) in [5.41, 5.74) is 0.274. The predicted molar refractivity (Wildman–Crippen MR) is 136 cm³/mol. The van der Waals surface area contributed by atoms with Crippen molar-refractivity contribution in [2.45, 2.75) is 115 Å². The molecule has 0 aromatic rings. The van der Waals surface area contributed by atoms with Crippen LogP contribution in [0.15, 0.2) is 36.0 Å². The van der Waals surface area contributed by atoms with Crippen molar-refractivity contribution in [1.29, 1.82) is 0 Å². The molecule has 202 valence electrons. The van der Waals surface area contributed by atoms with Gasteiger partial charge < -0.3 is 29.4 Å². The molecule has 3 rings (SSSR count). The van der Waals surface area contributed by atoms with E-state index in [2.05, 4.69) is 18.3 Å². The Morgan fingerprint density at radius 3 is 2.56 bits per heavy atom. The summed E-state index contributed by atoms with van der Waals surface area (Å²) in [6.07, 6.45) is 9.71. The van der Waals surface area contributed by atoms with Crippen molar-refractivity contribution < 1.29 is 33.6 Å². The maximum absolute atomic E-state index is 12.3. The van der Waals surface area contributed by atoms with Gasteiger partial charge in [0.25, 0.3) is 0 Å². The number of ether oxygens (including phenoxy) is 4. The number of hydrogen-bond donors (Lipinski definition) is 2. The highest BCUT2D eigenvalue weighted by molar-refractivity contribution is 5.87. The highest BCUT2D eigenvalue weighted by atomic mass is 16.6. The Morgan fingerprint density at radius 1 is 1.22 bits per heavy atom. The van der Waals surface area contributed by atoms with Crippen LogP contribution in [0.4, 0.5) is 0 Å². The number of hydrogen-bond acceptors (Lipinski definition) is 7. The van der Waals surface area contributed by atoms with Crippen LogP contribution in [0.2, 0.25) is 0 Å². The number of allylic oxidation sites excluding steroid dienone is 2. The largest absolute Gasteiger partial charge is 0.459 e. The standard InChI is InChI=1S/C28H43NO7/c1-17(9-12-24-26(32)28(16-33-28)15-27(6,7)36-24)8-11-23-18(2)14-22(20(4)35-23)29-25(31)13-10-19(3)34-21(5)30/h8-10,12-13,18-20,22-24,26,32H,11,14-16H2,1-7H3,(H,29,31)/b12-9+,13-10-,17-8+/t18?,19-,20-,22?,23+,24-,26-,28-/m1/s1. The molecule has 0 aromatic heterocycles. The summed E-state index contributed by atoms with van der Waals surface area (Å²) in [4.78, 5) is 23.3. The second kappa shape index (κ2) is 11.6. The smallest absolute Gasteiger partial charge is 0.303 e. The third-order valence-corrected chi connectivity index (χ3v) is 7.18. The summed E-state index contributed by atoms with van der Waals surface area (Å²) in [7, 11) is 0. The molecule has 3 saturated heterocycles. The number of amides is 1. The van der Waals surface area contributed by atoms with E-state index in [0.29, 0.717) is 13.0 Å². The van der Waals surface area contributed by atoms with E-state index >= 15 is 0 Å². The van der Waals surface area contributed by atoms with Gasteiger partial charge in [0.15, 0.2) is 0 Å². The van der Waals surface area contributed by atoms with Gasteiger partial charge in [-0.25, -0.2) is 0 Å². The third-order valence-electron chi connectivity index (χ3n) is 7.18. The minimum absolute atomic E-state index is 0.0506. The van der Waals surface area contributed by atoms with E-state index in [1.807, 2.05) is 39.8 Å². The first-order valence-corrected chi connectivity index (χ1v) is 13.0. The summed E-state index contributed by atoms with van der Waals surface area (Å²) in [5, 5.41) is 13.7. The number of nitrogens with one attached hydrogen (secondary N) is 1. The van der Waals surface area contributed by atoms with Crippen molar-refractivity contribution in [2.24, 2.45) is 5.92 Å². The quantitative estimate of drug-likeness (QED) is 0.225. The van der Waals surface area contributed by atoms with E-state index in [-0.39, 0.29) is 41.6 Å². The Hall–Kier alpha value is -2.00. The summed E-state index contributed by atoms with van der Waals surface area (Å²) in [5.74, 6) is -0.346. The van der Waals surface area contributed by atoms with E-state index in [1.165, 1.54) is 13.0 Å². The first-order valence-electron chi connectivity index (χ1n) is 13.0. The van der Waals surface area contributed by atoms with E-state index < -0.39 is 23.9 Å². The Morgan fingerprint density at radius 2 is 1.92 bits per heavy atom. The van der Waals surface area contributed by atoms with Crippen LogP contribution in [-0.2, 0) is 28.5 Å². The van der Waals surface area contributed by atoms with Gasteiger partial charge in [0.2, 0.25) is 5.91 Å². The van der Waals surface area contributed by atoms with E-state index in [9.17, 15) is 14.7 Å². The molecule has 0 radical (unpaired) electrons. The molecular weight excluding hydrogens is 462 g/mol. The van der Waals surface area contributed by atoms with E-state index in [0.717, 1.165) is 18.4 Å². The molecule has 0 saturated carbocycles. The molecule has 3 heterocycles. The van der Waals surface area contributed by atoms with Gasteiger partial charge in [0.1, 0.15) is 23.9 Å². The lowest BCUT2D eigenvalue weighted by molar-refractivity contribution is -0.171. The van der Waals surface area contributed by atoms with Crippen molar-refractivity contribution in [3.8, 4) is 0 Å². The van der Waals surface area contributed by atoms with Crippen LogP contribution >= 0.6 is 0 Å². The molecule has 3 aliphatic heterocycles. The monoisotopic (exact) mass is 505 g/mol. The molecule has 8 heteroatoms. The minimum Gasteiger partial charge on any atom is -0.459 e. The van der Waals surface area contributed by atoms with Crippen molar-refractivity contribution in [3.63, 3.8) is 0 Å². The van der Waals surface area contributed by atoms with Gasteiger partial charge in [-0.15, -0.1) is 0 Å². The molecular formula is C28H43NO7. The van der Waals surface area contributed by atoms with Gasteiger partial charge >= 0.3 is 5.97 Å². The molecule has 8 atom stereocenters. The highest BCUT2D eigenvalue weighted by Crippen LogP contribution is 2.46. The zero-order valence-corrected chi connectivity index (χ0v) is 22.7. The first-order chi connectivity index (χ1) is 16.8. The minimum atomic E-state index is -0.663. The number of aliphatic hydroxyl groups excluding tert-OH is 1. The van der Waals surface area contributed by atoms with Crippen molar-refractivity contribution >= 4 is 11.9 Å². The van der Waals surface area contributed by atoms with Gasteiger partial charge in [0, 0.05) is 19.4 Å². The fourth-order valence-electron chi connectivity index (χ4n) is 5.19. The van der Waals surface area contributed by atoms with Crippen molar-refractivity contribution in [2.75, 3.05) is 6.61 Å². The van der Waals surface area contributed by atoms with Gasteiger partial charge in [-0.3, -0.25) is 9.59 Å². The number of aliphatic hydroxyl groups is 1. The average molecular weight is 506 g/mol. The third kappa shape index (κ3) is 7.75. The zero-order chi connectivity index (χ0) is 26.7. The highest BCUT2D eigenvalue weighted by Gasteiger charge is 2.60. The zero-order valence-electron chi connectivity index (χ0n) is 22.7. The summed E-state index contributed by atoms with van der Waals surface area (Å²) in [6.45, 7) is 13.8. The van der Waals surface area contributed by atoms with Crippen LogP contribution in [0.5, 0.6) is 0 Å². The van der Waals surface area contributed by atoms with Crippen molar-refractivity contribution in [3.05, 3.63) is 36.0 Å². The second-order valence-corrected chi connectivity index (χ2v) is 11.2. The topological polar surface area (TPSA) is 107 Å². The van der Waals surface area contributed by atoms with Crippen molar-refractivity contribution in [1.82, 2.24) is 5.32 Å². The molecule has 0 aromatic carbocycles. The van der Waals surface area contributed by atoms with Crippen LogP contribution < -0.4 is 5.32 Å². The number of rotatable bonds is 8. The Labute approximate surface area is 215 Å². The second-order valence-electron chi connectivity index (χ2n) is 11.2. The lowest BCUT2D eigenvalue weighted by atomic mass is 9.83. The molecule has 1 spiro atoms. The summed E-state index contributed by atoms with van der Waals surface area (Å²) >= 11 is 0. The van der Waals surface area contributed by atoms with Gasteiger partial charge in [-0.1, -0.05) is 30.7 Å². The molecule has 3 fully saturated rings. The van der Waals surface area contributed by atoms with Crippen LogP contribution in [0.25, 0.3) is 0 Å². The maximum atomic E-state index is 12.3. The van der Waals surface area contributed by atoms with Gasteiger partial charge in [-0.05, 0) is 59.5 Å².